The van der Waals surface area contributed by atoms with Gasteiger partial charge in [0.1, 0.15) is 11.5 Å². The van der Waals surface area contributed by atoms with E-state index in [1.165, 1.54) is 17.2 Å². The number of rotatable bonds is 1. The monoisotopic (exact) mass is 354 g/mol. The van der Waals surface area contributed by atoms with Crippen LogP contribution in [-0.4, -0.2) is 9.38 Å². The Hall–Kier alpha value is -3.20. The van der Waals surface area contributed by atoms with Gasteiger partial charge in [-0.25, -0.2) is 9.37 Å². The third-order valence-corrected chi connectivity index (χ3v) is 5.33. The lowest BCUT2D eigenvalue weighted by molar-refractivity contribution is 0.630. The quantitative estimate of drug-likeness (QED) is 0.320. The summed E-state index contributed by atoms with van der Waals surface area (Å²) in [4.78, 5) is 4.96. The Morgan fingerprint density at radius 1 is 0.815 bits per heavy atom. The average molecular weight is 354 g/mol. The molecule has 0 aliphatic heterocycles. The molecule has 5 rings (SSSR count). The second-order valence-electron chi connectivity index (χ2n) is 7.30. The number of hydrogen-bond donors (Lipinski definition) is 0. The van der Waals surface area contributed by atoms with Crippen molar-refractivity contribution < 1.29 is 4.39 Å². The van der Waals surface area contributed by atoms with Crippen LogP contribution in [0.5, 0.6) is 0 Å². The van der Waals surface area contributed by atoms with Gasteiger partial charge in [-0.15, -0.1) is 0 Å². The lowest BCUT2D eigenvalue weighted by Gasteiger charge is -2.11. The van der Waals surface area contributed by atoms with Gasteiger partial charge in [-0.3, -0.25) is 4.40 Å². The molecule has 2 nitrogen and oxygen atoms in total. The highest BCUT2D eigenvalue weighted by molar-refractivity contribution is 6.12. The average Bonchev–Trinajstić information content (AvgIpc) is 3.06. The lowest BCUT2D eigenvalue weighted by Crippen LogP contribution is -1.94. The molecule has 0 atom stereocenters. The summed E-state index contributed by atoms with van der Waals surface area (Å²) < 4.78 is 16.2. The first-order valence-corrected chi connectivity index (χ1v) is 9.10. The van der Waals surface area contributed by atoms with Gasteiger partial charge >= 0.3 is 0 Å². The summed E-state index contributed by atoms with van der Waals surface area (Å²) in [5.41, 5.74) is 7.52. The maximum Gasteiger partial charge on any atom is 0.145 e. The van der Waals surface area contributed by atoms with Gasteiger partial charge in [0.25, 0.3) is 0 Å². The Kier molecular flexibility index (Phi) is 3.35. The van der Waals surface area contributed by atoms with Crippen molar-refractivity contribution in [3.63, 3.8) is 0 Å². The summed E-state index contributed by atoms with van der Waals surface area (Å²) in [5.74, 6) is -0.224. The van der Waals surface area contributed by atoms with E-state index in [0.717, 1.165) is 44.1 Å². The topological polar surface area (TPSA) is 17.3 Å². The maximum atomic E-state index is 14.1. The van der Waals surface area contributed by atoms with E-state index in [4.69, 9.17) is 4.98 Å². The number of halogens is 1. The molecule has 0 fully saturated rings. The highest BCUT2D eigenvalue weighted by Crippen LogP contribution is 2.34. The van der Waals surface area contributed by atoms with Gasteiger partial charge in [-0.05, 0) is 61.5 Å². The van der Waals surface area contributed by atoms with Gasteiger partial charge < -0.3 is 0 Å². The van der Waals surface area contributed by atoms with Crippen LogP contribution in [0, 0.1) is 26.6 Å². The number of pyridine rings is 1. The van der Waals surface area contributed by atoms with Gasteiger partial charge in [0, 0.05) is 22.5 Å². The zero-order valence-corrected chi connectivity index (χ0v) is 15.5. The molecule has 2 aromatic heterocycles. The van der Waals surface area contributed by atoms with Crippen LogP contribution in [0.15, 0.2) is 60.8 Å². The standard InChI is InChI=1S/C24H19FN2/c1-14-10-16(3)23-21(11-14)20-12-17(25)8-9-19(20)24-26-22(13-27(23)24)18-7-5-4-6-15(18)2/h4-13H,1-3H3. The fourth-order valence-electron chi connectivity index (χ4n) is 4.15. The molecule has 3 aromatic carbocycles. The molecule has 0 amide bonds. The van der Waals surface area contributed by atoms with Gasteiger partial charge in [0.2, 0.25) is 0 Å². The van der Waals surface area contributed by atoms with Gasteiger partial charge in [0.15, 0.2) is 0 Å². The van der Waals surface area contributed by atoms with Crippen molar-refractivity contribution in [2.45, 2.75) is 20.8 Å². The van der Waals surface area contributed by atoms with Crippen molar-refractivity contribution in [2.75, 3.05) is 0 Å². The summed E-state index contributed by atoms with van der Waals surface area (Å²) in [6.45, 7) is 6.28. The normalized spacial score (nSPS) is 11.7. The zero-order valence-electron chi connectivity index (χ0n) is 15.5. The summed E-state index contributed by atoms with van der Waals surface area (Å²) in [7, 11) is 0. The molecule has 0 bridgehead atoms. The van der Waals surface area contributed by atoms with E-state index in [0.29, 0.717) is 0 Å². The fraction of sp³-hybridized carbons (Fsp3) is 0.125. The smallest absolute Gasteiger partial charge is 0.145 e. The highest BCUT2D eigenvalue weighted by atomic mass is 19.1. The van der Waals surface area contributed by atoms with Crippen LogP contribution in [0.2, 0.25) is 0 Å². The van der Waals surface area contributed by atoms with E-state index in [1.54, 1.807) is 6.07 Å². The van der Waals surface area contributed by atoms with Crippen LogP contribution in [-0.2, 0) is 0 Å². The van der Waals surface area contributed by atoms with Crippen LogP contribution >= 0.6 is 0 Å². The number of fused-ring (bicyclic) bond motifs is 6. The summed E-state index contributed by atoms with van der Waals surface area (Å²) in [5, 5.41) is 2.93. The van der Waals surface area contributed by atoms with Crippen molar-refractivity contribution in [2.24, 2.45) is 0 Å². The molecule has 0 radical (unpaired) electrons. The first-order valence-electron chi connectivity index (χ1n) is 9.10. The Bertz CT molecular complexity index is 1360. The van der Waals surface area contributed by atoms with Crippen LogP contribution < -0.4 is 0 Å². The molecule has 0 N–H and O–H groups in total. The molecule has 0 aliphatic carbocycles. The number of imidazole rings is 1. The molecule has 0 spiro atoms. The molecule has 27 heavy (non-hydrogen) atoms. The van der Waals surface area contributed by atoms with E-state index in [9.17, 15) is 4.39 Å². The van der Waals surface area contributed by atoms with Crippen molar-refractivity contribution in [3.8, 4) is 11.3 Å². The maximum absolute atomic E-state index is 14.1. The van der Waals surface area contributed by atoms with Crippen LogP contribution in [0.3, 0.4) is 0 Å². The molecule has 0 saturated carbocycles. The third-order valence-electron chi connectivity index (χ3n) is 5.33. The number of hydrogen-bond acceptors (Lipinski definition) is 1. The van der Waals surface area contributed by atoms with Crippen molar-refractivity contribution >= 4 is 27.3 Å². The molecule has 0 aliphatic rings. The predicted octanol–water partition coefficient (Wildman–Crippen LogP) is 6.37. The molecule has 0 saturated heterocycles. The molecule has 2 heterocycles. The molecule has 3 heteroatoms. The van der Waals surface area contributed by atoms with Crippen molar-refractivity contribution in [1.29, 1.82) is 0 Å². The highest BCUT2D eigenvalue weighted by Gasteiger charge is 2.15. The second kappa shape index (κ2) is 5.65. The van der Waals surface area contributed by atoms with E-state index in [-0.39, 0.29) is 5.82 Å². The van der Waals surface area contributed by atoms with Crippen molar-refractivity contribution in [3.05, 3.63) is 83.3 Å². The largest absolute Gasteiger partial charge is 0.298 e. The first-order chi connectivity index (χ1) is 13.0. The minimum atomic E-state index is -0.224. The van der Waals surface area contributed by atoms with Crippen LogP contribution in [0.1, 0.15) is 16.7 Å². The summed E-state index contributed by atoms with van der Waals surface area (Å²) >= 11 is 0. The van der Waals surface area contributed by atoms with Gasteiger partial charge in [-0.2, -0.15) is 0 Å². The molecule has 5 aromatic rings. The minimum Gasteiger partial charge on any atom is -0.298 e. The van der Waals surface area contributed by atoms with Crippen molar-refractivity contribution in [1.82, 2.24) is 9.38 Å². The van der Waals surface area contributed by atoms with Crippen LogP contribution in [0.4, 0.5) is 4.39 Å². The van der Waals surface area contributed by atoms with Gasteiger partial charge in [0.05, 0.1) is 11.2 Å². The Morgan fingerprint density at radius 3 is 2.44 bits per heavy atom. The first kappa shape index (κ1) is 16.0. The lowest BCUT2D eigenvalue weighted by atomic mass is 10.0. The van der Waals surface area contributed by atoms with E-state index in [2.05, 4.69) is 55.6 Å². The van der Waals surface area contributed by atoms with E-state index < -0.39 is 0 Å². The minimum absolute atomic E-state index is 0.224. The molecule has 0 unspecified atom stereocenters. The SMILES string of the molecule is Cc1cc(C)c2c(c1)c1cc(F)ccc1c1nc(-c3ccccc3C)cn12. The number of aryl methyl sites for hydroxylation is 3. The van der Waals surface area contributed by atoms with Gasteiger partial charge in [-0.1, -0.05) is 35.9 Å². The third kappa shape index (κ3) is 2.35. The Balaban J connectivity index is 2.01. The Labute approximate surface area is 156 Å². The zero-order chi connectivity index (χ0) is 18.7. The second-order valence-corrected chi connectivity index (χ2v) is 7.30. The number of benzene rings is 3. The van der Waals surface area contributed by atoms with Crippen LogP contribution in [0.25, 0.3) is 38.6 Å². The summed E-state index contributed by atoms with van der Waals surface area (Å²) in [6.07, 6.45) is 2.10. The molecule has 132 valence electrons. The predicted molar refractivity (Wildman–Crippen MR) is 110 cm³/mol. The molecular formula is C24H19FN2. The number of nitrogens with zero attached hydrogens (tertiary/aromatic N) is 2. The van der Waals surface area contributed by atoms with E-state index in [1.807, 2.05) is 18.2 Å². The fourth-order valence-corrected chi connectivity index (χ4v) is 4.15. The Morgan fingerprint density at radius 2 is 1.63 bits per heavy atom. The summed E-state index contributed by atoms with van der Waals surface area (Å²) in [6, 6.07) is 17.5. The van der Waals surface area contributed by atoms with E-state index >= 15 is 0 Å². The molecular weight excluding hydrogens is 335 g/mol. The number of aromatic nitrogens is 2.